The van der Waals surface area contributed by atoms with E-state index in [9.17, 15) is 17.8 Å². The average Bonchev–Trinajstić information content (AvgIpc) is 2.37. The lowest BCUT2D eigenvalue weighted by atomic mass is 10.0. The Balaban J connectivity index is 2.80. The zero-order valence-electron chi connectivity index (χ0n) is 9.95. The number of rotatable bonds is 3. The summed E-state index contributed by atoms with van der Waals surface area (Å²) in [4.78, 5) is 11.0. The van der Waals surface area contributed by atoms with Crippen LogP contribution in [0.5, 0.6) is 0 Å². The molecule has 0 aliphatic carbocycles. The second-order valence-electron chi connectivity index (χ2n) is 3.97. The molecule has 0 amide bonds. The van der Waals surface area contributed by atoms with Gasteiger partial charge in [-0.25, -0.2) is 0 Å². The van der Waals surface area contributed by atoms with Crippen molar-refractivity contribution in [3.05, 3.63) is 53.1 Å². The van der Waals surface area contributed by atoms with Crippen molar-refractivity contribution in [2.24, 2.45) is 0 Å². The van der Waals surface area contributed by atoms with E-state index in [-0.39, 0.29) is 11.1 Å². The lowest BCUT2D eigenvalue weighted by Gasteiger charge is -2.10. The highest BCUT2D eigenvalue weighted by Gasteiger charge is 2.23. The second kappa shape index (κ2) is 5.57. The van der Waals surface area contributed by atoms with Crippen molar-refractivity contribution in [2.75, 3.05) is 0 Å². The molecule has 0 saturated heterocycles. The molecular formula is C13H9ClO4S2. The minimum absolute atomic E-state index is 0.178. The molecule has 4 nitrogen and oxygen atoms in total. The van der Waals surface area contributed by atoms with Crippen LogP contribution in [0.2, 0.25) is 5.02 Å². The standard InChI is InChI=1S/C13H9ClO4S2/c14-9-6-4-8(5-7-9)10-2-1-3-11(13(15)19)12(10)20(16,17)18/h1-7H,(H,15,19)(H,16,17,18). The largest absolute Gasteiger partial charge is 0.295 e. The van der Waals surface area contributed by atoms with Gasteiger partial charge in [0.1, 0.15) is 4.90 Å². The molecule has 0 aromatic heterocycles. The zero-order valence-corrected chi connectivity index (χ0v) is 12.4. The van der Waals surface area contributed by atoms with Gasteiger partial charge in [-0.2, -0.15) is 8.42 Å². The maximum Gasteiger partial charge on any atom is 0.295 e. The van der Waals surface area contributed by atoms with Gasteiger partial charge in [-0.15, -0.1) is 12.6 Å². The van der Waals surface area contributed by atoms with Gasteiger partial charge in [-0.05, 0) is 23.8 Å². The summed E-state index contributed by atoms with van der Waals surface area (Å²) in [7, 11) is -4.57. The lowest BCUT2D eigenvalue weighted by molar-refractivity contribution is 0.108. The Labute approximate surface area is 126 Å². The van der Waals surface area contributed by atoms with Crippen molar-refractivity contribution >= 4 is 39.5 Å². The van der Waals surface area contributed by atoms with Crippen LogP contribution in [-0.4, -0.2) is 18.1 Å². The second-order valence-corrected chi connectivity index (χ2v) is 6.17. The van der Waals surface area contributed by atoms with Crippen molar-refractivity contribution in [3.8, 4) is 11.1 Å². The molecule has 0 aliphatic rings. The van der Waals surface area contributed by atoms with Gasteiger partial charge in [0.2, 0.25) is 5.12 Å². The monoisotopic (exact) mass is 328 g/mol. The van der Waals surface area contributed by atoms with E-state index in [1.54, 1.807) is 24.3 Å². The summed E-state index contributed by atoms with van der Waals surface area (Å²) >= 11 is 9.41. The molecule has 0 saturated carbocycles. The van der Waals surface area contributed by atoms with Crippen LogP contribution in [0.3, 0.4) is 0 Å². The Hall–Kier alpha value is -1.34. The van der Waals surface area contributed by atoms with E-state index in [0.717, 1.165) is 0 Å². The molecule has 20 heavy (non-hydrogen) atoms. The van der Waals surface area contributed by atoms with E-state index in [1.165, 1.54) is 18.2 Å². The van der Waals surface area contributed by atoms with Crippen LogP contribution < -0.4 is 0 Å². The molecule has 0 radical (unpaired) electrons. The van der Waals surface area contributed by atoms with Crippen molar-refractivity contribution in [1.82, 2.24) is 0 Å². The number of halogens is 1. The van der Waals surface area contributed by atoms with Crippen molar-refractivity contribution < 1.29 is 17.8 Å². The highest BCUT2D eigenvalue weighted by Crippen LogP contribution is 2.31. The van der Waals surface area contributed by atoms with E-state index >= 15 is 0 Å². The van der Waals surface area contributed by atoms with E-state index in [1.807, 2.05) is 0 Å². The number of hydrogen-bond acceptors (Lipinski definition) is 3. The van der Waals surface area contributed by atoms with Gasteiger partial charge in [-0.1, -0.05) is 35.9 Å². The predicted octanol–water partition coefficient (Wildman–Crippen LogP) is 3.32. The minimum Gasteiger partial charge on any atom is -0.282 e. The van der Waals surface area contributed by atoms with Crippen LogP contribution in [0.15, 0.2) is 47.4 Å². The molecular weight excluding hydrogens is 320 g/mol. The molecule has 0 fully saturated rings. The SMILES string of the molecule is O=C(S)c1cccc(-c2ccc(Cl)cc2)c1S(=O)(=O)O. The number of benzene rings is 2. The summed E-state index contributed by atoms with van der Waals surface area (Å²) in [6.07, 6.45) is 0. The van der Waals surface area contributed by atoms with Gasteiger partial charge in [0.25, 0.3) is 10.1 Å². The van der Waals surface area contributed by atoms with Gasteiger partial charge >= 0.3 is 0 Å². The Kier molecular flexibility index (Phi) is 4.19. The first-order chi connectivity index (χ1) is 9.30. The van der Waals surface area contributed by atoms with Crippen LogP contribution in [0.4, 0.5) is 0 Å². The fourth-order valence-corrected chi connectivity index (χ4v) is 3.13. The van der Waals surface area contributed by atoms with Crippen LogP contribution in [0.25, 0.3) is 11.1 Å². The molecule has 7 heteroatoms. The van der Waals surface area contributed by atoms with E-state index in [0.29, 0.717) is 10.6 Å². The first-order valence-corrected chi connectivity index (χ1v) is 7.67. The average molecular weight is 329 g/mol. The maximum atomic E-state index is 11.6. The lowest BCUT2D eigenvalue weighted by Crippen LogP contribution is -2.07. The number of carbonyl (C=O) groups is 1. The quantitative estimate of drug-likeness (QED) is 0.669. The minimum atomic E-state index is -4.57. The van der Waals surface area contributed by atoms with Crippen LogP contribution in [0.1, 0.15) is 10.4 Å². The molecule has 0 bridgehead atoms. The Morgan fingerprint density at radius 2 is 1.70 bits per heavy atom. The number of thiol groups is 1. The van der Waals surface area contributed by atoms with Crippen molar-refractivity contribution in [3.63, 3.8) is 0 Å². The predicted molar refractivity (Wildman–Crippen MR) is 80.0 cm³/mol. The number of hydrogen-bond donors (Lipinski definition) is 2. The Morgan fingerprint density at radius 1 is 1.10 bits per heavy atom. The smallest absolute Gasteiger partial charge is 0.282 e. The van der Waals surface area contributed by atoms with Crippen molar-refractivity contribution in [2.45, 2.75) is 4.90 Å². The summed E-state index contributed by atoms with van der Waals surface area (Å²) in [5.74, 6) is 0. The summed E-state index contributed by atoms with van der Waals surface area (Å²) < 4.78 is 32.5. The third-order valence-electron chi connectivity index (χ3n) is 2.66. The molecule has 2 aromatic rings. The van der Waals surface area contributed by atoms with E-state index < -0.39 is 20.1 Å². The summed E-state index contributed by atoms with van der Waals surface area (Å²) in [6, 6.07) is 10.7. The van der Waals surface area contributed by atoms with E-state index in [2.05, 4.69) is 12.6 Å². The molecule has 0 heterocycles. The normalized spacial score (nSPS) is 11.3. The van der Waals surface area contributed by atoms with E-state index in [4.69, 9.17) is 11.6 Å². The fourth-order valence-electron chi connectivity index (χ4n) is 1.84. The molecule has 0 spiro atoms. The zero-order chi connectivity index (χ0) is 14.9. The van der Waals surface area contributed by atoms with Crippen molar-refractivity contribution in [1.29, 1.82) is 0 Å². The van der Waals surface area contributed by atoms with Crippen LogP contribution in [0, 0.1) is 0 Å². The highest BCUT2D eigenvalue weighted by atomic mass is 35.5. The molecule has 104 valence electrons. The molecule has 0 atom stereocenters. The third-order valence-corrected chi connectivity index (χ3v) is 4.11. The first-order valence-electron chi connectivity index (χ1n) is 5.40. The Bertz CT molecular complexity index is 767. The van der Waals surface area contributed by atoms with Gasteiger partial charge in [0, 0.05) is 10.6 Å². The third kappa shape index (κ3) is 3.04. The summed E-state index contributed by atoms with van der Waals surface area (Å²) in [5, 5.41) is -0.253. The summed E-state index contributed by atoms with van der Waals surface area (Å²) in [5.41, 5.74) is 0.547. The molecule has 2 rings (SSSR count). The Morgan fingerprint density at radius 3 is 2.20 bits per heavy atom. The summed E-state index contributed by atoms with van der Waals surface area (Å²) in [6.45, 7) is 0. The van der Waals surface area contributed by atoms with Crippen LogP contribution in [-0.2, 0) is 10.1 Å². The topological polar surface area (TPSA) is 71.4 Å². The van der Waals surface area contributed by atoms with Gasteiger partial charge in [0.15, 0.2) is 0 Å². The molecule has 0 aliphatic heterocycles. The number of carbonyl (C=O) groups excluding carboxylic acids is 1. The van der Waals surface area contributed by atoms with Gasteiger partial charge in [-0.3, -0.25) is 9.35 Å². The maximum absolute atomic E-state index is 11.6. The first kappa shape index (κ1) is 15.1. The molecule has 1 N–H and O–H groups in total. The van der Waals surface area contributed by atoms with Crippen LogP contribution >= 0.6 is 24.2 Å². The fraction of sp³-hybridized carbons (Fsp3) is 0. The van der Waals surface area contributed by atoms with Gasteiger partial charge in [0.05, 0.1) is 5.56 Å². The van der Waals surface area contributed by atoms with Gasteiger partial charge < -0.3 is 0 Å². The molecule has 0 unspecified atom stereocenters. The highest BCUT2D eigenvalue weighted by molar-refractivity contribution is 7.97. The molecule has 2 aromatic carbocycles.